The molecule has 168 valence electrons. The number of aromatic nitrogens is 4. The molecule has 33 heavy (non-hydrogen) atoms. The normalized spacial score (nSPS) is 10.3. The van der Waals surface area contributed by atoms with E-state index in [1.807, 2.05) is 55.5 Å². The van der Waals surface area contributed by atoms with Crippen molar-refractivity contribution in [3.63, 3.8) is 0 Å². The zero-order chi connectivity index (χ0) is 24.0. The van der Waals surface area contributed by atoms with Gasteiger partial charge in [0.1, 0.15) is 29.1 Å². The Morgan fingerprint density at radius 2 is 1.64 bits per heavy atom. The molecule has 9 nitrogen and oxygen atoms in total. The fraction of sp³-hybridized carbons (Fsp3) is 0.208. The van der Waals surface area contributed by atoms with Gasteiger partial charge in [0, 0.05) is 6.42 Å². The first kappa shape index (κ1) is 23.2. The number of anilines is 3. The van der Waals surface area contributed by atoms with E-state index in [2.05, 4.69) is 16.9 Å². The molecule has 0 aliphatic carbocycles. The van der Waals surface area contributed by atoms with E-state index in [0.717, 1.165) is 41.9 Å². The van der Waals surface area contributed by atoms with E-state index in [-0.39, 0.29) is 28.7 Å². The van der Waals surface area contributed by atoms with E-state index >= 15 is 0 Å². The molecule has 9 heteroatoms. The van der Waals surface area contributed by atoms with Crippen LogP contribution in [0.25, 0.3) is 16.6 Å². The summed E-state index contributed by atoms with van der Waals surface area (Å²) >= 11 is 0. The van der Waals surface area contributed by atoms with E-state index in [4.69, 9.17) is 27.4 Å². The van der Waals surface area contributed by atoms with E-state index in [0.29, 0.717) is 5.39 Å². The monoisotopic (exact) mass is 442 g/mol. The third-order valence-corrected chi connectivity index (χ3v) is 5.04. The Labute approximate surface area is 191 Å². The Morgan fingerprint density at radius 1 is 0.970 bits per heavy atom. The fourth-order valence-electron chi connectivity index (χ4n) is 3.42. The van der Waals surface area contributed by atoms with Gasteiger partial charge in [-0.25, -0.2) is 4.98 Å². The summed E-state index contributed by atoms with van der Waals surface area (Å²) in [4.78, 5) is 24.9. The number of para-hydroxylation sites is 1. The minimum absolute atomic E-state index is 0.0116. The van der Waals surface area contributed by atoms with E-state index in [1.165, 1.54) is 0 Å². The molecule has 2 aromatic carbocycles. The van der Waals surface area contributed by atoms with Gasteiger partial charge in [-0.15, -0.1) is 0 Å². The Hall–Kier alpha value is -4.45. The summed E-state index contributed by atoms with van der Waals surface area (Å²) in [5.74, 6) is 0.838. The summed E-state index contributed by atoms with van der Waals surface area (Å²) in [6, 6.07) is 17.4. The first-order valence-electron chi connectivity index (χ1n) is 10.5. The van der Waals surface area contributed by atoms with Gasteiger partial charge in [0.05, 0.1) is 16.6 Å². The van der Waals surface area contributed by atoms with Gasteiger partial charge in [0.15, 0.2) is 0 Å². The number of nitriles is 1. The lowest BCUT2D eigenvalue weighted by molar-refractivity contribution is 0.720. The largest absolute Gasteiger partial charge is 0.382 e. The second kappa shape index (κ2) is 10.2. The molecule has 2 aromatic heterocycles. The van der Waals surface area contributed by atoms with E-state index < -0.39 is 0 Å². The summed E-state index contributed by atoms with van der Waals surface area (Å²) in [7, 11) is 0. The summed E-state index contributed by atoms with van der Waals surface area (Å²) in [6.07, 6.45) is 2.91. The Bertz CT molecular complexity index is 1350. The van der Waals surface area contributed by atoms with Crippen LogP contribution in [0.1, 0.15) is 36.7 Å². The third kappa shape index (κ3) is 5.07. The molecule has 4 aromatic rings. The number of fused-ring (bicyclic) bond motifs is 1. The molecule has 0 amide bonds. The van der Waals surface area contributed by atoms with E-state index in [9.17, 15) is 4.79 Å². The van der Waals surface area contributed by atoms with Crippen molar-refractivity contribution in [3.05, 3.63) is 75.8 Å². The Balaban J connectivity index is 0.000000235. The highest BCUT2D eigenvalue weighted by atomic mass is 16.1. The van der Waals surface area contributed by atoms with Crippen LogP contribution in [0.15, 0.2) is 53.3 Å². The molecule has 0 radical (unpaired) electrons. The van der Waals surface area contributed by atoms with Crippen molar-refractivity contribution in [2.75, 3.05) is 17.2 Å². The van der Waals surface area contributed by atoms with Gasteiger partial charge < -0.3 is 17.2 Å². The molecule has 2 heterocycles. The molecule has 0 bridgehead atoms. The zero-order valence-corrected chi connectivity index (χ0v) is 18.6. The van der Waals surface area contributed by atoms with Crippen LogP contribution in [0.4, 0.5) is 17.6 Å². The minimum Gasteiger partial charge on any atom is -0.382 e. The van der Waals surface area contributed by atoms with Gasteiger partial charge >= 0.3 is 0 Å². The van der Waals surface area contributed by atoms with Crippen LogP contribution in [0.2, 0.25) is 0 Å². The van der Waals surface area contributed by atoms with Gasteiger partial charge in [-0.05, 0) is 37.1 Å². The zero-order valence-electron chi connectivity index (χ0n) is 18.6. The van der Waals surface area contributed by atoms with Crippen molar-refractivity contribution in [2.24, 2.45) is 0 Å². The molecule has 0 saturated carbocycles. The smallest absolute Gasteiger partial charge is 0.266 e. The molecule has 0 atom stereocenters. The predicted molar refractivity (Wildman–Crippen MR) is 131 cm³/mol. The number of nitrogens with zero attached hydrogens (tertiary/aromatic N) is 5. The van der Waals surface area contributed by atoms with Crippen LogP contribution in [-0.4, -0.2) is 19.5 Å². The fourth-order valence-corrected chi connectivity index (χ4v) is 3.42. The van der Waals surface area contributed by atoms with Gasteiger partial charge in [0.2, 0.25) is 5.95 Å². The van der Waals surface area contributed by atoms with Gasteiger partial charge in [-0.2, -0.15) is 15.2 Å². The Kier molecular flexibility index (Phi) is 7.20. The number of rotatable bonds is 4. The number of hydrogen-bond donors (Lipinski definition) is 3. The standard InChI is InChI=1S/C19H20N2O.C5H6N6/c1-3-4-13-17-20-16-12-8-9-14(2)18(16)19(22)21(17)15-10-6-5-7-11-15;6-1-2-3(7)10-5(9)11-4(2)8/h5-12H,3-4,13H2,1-2H3;(H6,7,8,9,10,11). The van der Waals surface area contributed by atoms with Gasteiger partial charge in [0.25, 0.3) is 5.56 Å². The molecular formula is C24H26N8O. The summed E-state index contributed by atoms with van der Waals surface area (Å²) in [6.45, 7) is 4.11. The molecule has 0 unspecified atom stereocenters. The molecule has 6 N–H and O–H groups in total. The number of aryl methyl sites for hydroxylation is 2. The van der Waals surface area contributed by atoms with Crippen molar-refractivity contribution in [1.82, 2.24) is 19.5 Å². The van der Waals surface area contributed by atoms with Crippen molar-refractivity contribution in [1.29, 1.82) is 5.26 Å². The molecule has 0 saturated heterocycles. The summed E-state index contributed by atoms with van der Waals surface area (Å²) in [5, 5.41) is 9.17. The van der Waals surface area contributed by atoms with Crippen LogP contribution in [-0.2, 0) is 6.42 Å². The maximum atomic E-state index is 13.1. The van der Waals surface area contributed by atoms with Crippen LogP contribution in [0.5, 0.6) is 0 Å². The lowest BCUT2D eigenvalue weighted by Gasteiger charge is -2.14. The quantitative estimate of drug-likeness (QED) is 0.434. The van der Waals surface area contributed by atoms with Gasteiger partial charge in [-0.3, -0.25) is 9.36 Å². The maximum Gasteiger partial charge on any atom is 0.266 e. The van der Waals surface area contributed by atoms with Crippen LogP contribution in [0.3, 0.4) is 0 Å². The number of hydrogen-bond acceptors (Lipinski definition) is 8. The highest BCUT2D eigenvalue weighted by Gasteiger charge is 2.13. The van der Waals surface area contributed by atoms with Crippen molar-refractivity contribution in [3.8, 4) is 11.8 Å². The number of nitrogen functional groups attached to an aromatic ring is 3. The third-order valence-electron chi connectivity index (χ3n) is 5.04. The van der Waals surface area contributed by atoms with Gasteiger partial charge in [-0.1, -0.05) is 43.7 Å². The average molecular weight is 443 g/mol. The highest BCUT2D eigenvalue weighted by molar-refractivity contribution is 5.81. The summed E-state index contributed by atoms with van der Waals surface area (Å²) in [5.41, 5.74) is 18.5. The second-order valence-corrected chi connectivity index (χ2v) is 7.42. The lowest BCUT2D eigenvalue weighted by Crippen LogP contribution is -2.24. The molecule has 0 spiro atoms. The van der Waals surface area contributed by atoms with Crippen molar-refractivity contribution in [2.45, 2.75) is 33.1 Å². The number of nitrogens with two attached hydrogens (primary N) is 3. The first-order chi connectivity index (χ1) is 15.9. The molecule has 4 rings (SSSR count). The molecule has 0 aliphatic heterocycles. The second-order valence-electron chi connectivity index (χ2n) is 7.42. The number of unbranched alkanes of at least 4 members (excludes halogenated alkanes) is 1. The Morgan fingerprint density at radius 3 is 2.24 bits per heavy atom. The first-order valence-corrected chi connectivity index (χ1v) is 10.5. The SMILES string of the molecule is CCCCc1nc2cccc(C)c2c(=O)n1-c1ccccc1.N#Cc1c(N)nc(N)nc1N. The minimum atomic E-state index is -0.0287. The summed E-state index contributed by atoms with van der Waals surface area (Å²) < 4.78 is 1.77. The van der Waals surface area contributed by atoms with Crippen molar-refractivity contribution < 1.29 is 0 Å². The average Bonchev–Trinajstić information content (AvgIpc) is 2.78. The van der Waals surface area contributed by atoms with E-state index in [1.54, 1.807) is 10.6 Å². The van der Waals surface area contributed by atoms with Crippen LogP contribution < -0.4 is 22.8 Å². The molecule has 0 aliphatic rings. The molecule has 0 fully saturated rings. The number of benzene rings is 2. The lowest BCUT2D eigenvalue weighted by atomic mass is 10.1. The molecular weight excluding hydrogens is 416 g/mol. The topological polar surface area (TPSA) is 163 Å². The van der Waals surface area contributed by atoms with Crippen LogP contribution >= 0.6 is 0 Å². The predicted octanol–water partition coefficient (Wildman–Crippen LogP) is 3.13. The maximum absolute atomic E-state index is 13.1. The van der Waals surface area contributed by atoms with Crippen molar-refractivity contribution >= 4 is 28.5 Å². The highest BCUT2D eigenvalue weighted by Crippen LogP contribution is 2.17. The van der Waals surface area contributed by atoms with Crippen LogP contribution in [0, 0.1) is 18.3 Å².